The standard InChI is InChI=1S/C15H25N3O6S/c1-24-8-5-18(14-2-9-25(22,23)12-14)11-13(10-16)15(21)17(3-6-19)4-7-20/h11,14,19-20H,2-9,12H2,1H3/b13-11-. The molecule has 1 unspecified atom stereocenters. The summed E-state index contributed by atoms with van der Waals surface area (Å²) < 4.78 is 28.4. The molecular weight excluding hydrogens is 350 g/mol. The maximum Gasteiger partial charge on any atom is 0.266 e. The molecule has 1 aliphatic rings. The fourth-order valence-corrected chi connectivity index (χ4v) is 4.35. The molecule has 0 radical (unpaired) electrons. The van der Waals surface area contributed by atoms with Crippen molar-refractivity contribution in [2.75, 3.05) is 58.1 Å². The van der Waals surface area contributed by atoms with Crippen molar-refractivity contribution in [3.63, 3.8) is 0 Å². The van der Waals surface area contributed by atoms with Crippen molar-refractivity contribution in [2.45, 2.75) is 12.5 Å². The first kappa shape index (κ1) is 21.4. The molecule has 0 aromatic rings. The summed E-state index contributed by atoms with van der Waals surface area (Å²) in [5, 5.41) is 27.4. The summed E-state index contributed by atoms with van der Waals surface area (Å²) in [7, 11) is -1.61. The molecule has 9 nitrogen and oxygen atoms in total. The van der Waals surface area contributed by atoms with E-state index in [4.69, 9.17) is 14.9 Å². The molecule has 0 bridgehead atoms. The van der Waals surface area contributed by atoms with Crippen LogP contribution in [0.3, 0.4) is 0 Å². The minimum absolute atomic E-state index is 0.00566. The summed E-state index contributed by atoms with van der Waals surface area (Å²) in [5.41, 5.74) is -0.178. The number of sulfone groups is 1. The smallest absolute Gasteiger partial charge is 0.266 e. The largest absolute Gasteiger partial charge is 0.395 e. The predicted molar refractivity (Wildman–Crippen MR) is 90.1 cm³/mol. The number of amides is 1. The molecule has 1 amide bonds. The van der Waals surface area contributed by atoms with Gasteiger partial charge in [0.2, 0.25) is 0 Å². The van der Waals surface area contributed by atoms with Gasteiger partial charge in [-0.25, -0.2) is 8.42 Å². The molecule has 0 aliphatic carbocycles. The van der Waals surface area contributed by atoms with E-state index in [2.05, 4.69) is 0 Å². The van der Waals surface area contributed by atoms with E-state index in [1.165, 1.54) is 18.2 Å². The Balaban J connectivity index is 3.02. The van der Waals surface area contributed by atoms with Gasteiger partial charge in [0.1, 0.15) is 11.6 Å². The van der Waals surface area contributed by atoms with Gasteiger partial charge in [0.15, 0.2) is 9.84 Å². The highest BCUT2D eigenvalue weighted by atomic mass is 32.2. The SMILES string of the molecule is COCCN(/C=C(/C#N)C(=O)N(CCO)CCO)C1CCS(=O)(=O)C1. The first-order valence-electron chi connectivity index (χ1n) is 7.96. The Hall–Kier alpha value is -1.67. The van der Waals surface area contributed by atoms with E-state index < -0.39 is 15.7 Å². The number of rotatable bonds is 10. The van der Waals surface area contributed by atoms with E-state index in [-0.39, 0.29) is 49.4 Å². The minimum atomic E-state index is -3.12. The molecule has 0 saturated carbocycles. The van der Waals surface area contributed by atoms with Gasteiger partial charge >= 0.3 is 0 Å². The van der Waals surface area contributed by atoms with E-state index in [0.29, 0.717) is 19.6 Å². The van der Waals surface area contributed by atoms with Gasteiger partial charge in [-0.15, -0.1) is 0 Å². The molecule has 10 heteroatoms. The lowest BCUT2D eigenvalue weighted by atomic mass is 10.2. The molecule has 1 heterocycles. The Morgan fingerprint density at radius 3 is 2.40 bits per heavy atom. The molecule has 25 heavy (non-hydrogen) atoms. The van der Waals surface area contributed by atoms with Gasteiger partial charge in [-0.2, -0.15) is 5.26 Å². The number of aliphatic hydroxyl groups is 2. The average molecular weight is 375 g/mol. The first-order chi connectivity index (χ1) is 11.9. The summed E-state index contributed by atoms with van der Waals surface area (Å²) in [6.07, 6.45) is 1.78. The summed E-state index contributed by atoms with van der Waals surface area (Å²) >= 11 is 0. The number of aliphatic hydroxyl groups excluding tert-OH is 2. The van der Waals surface area contributed by atoms with Crippen LogP contribution in [-0.4, -0.2) is 98.5 Å². The van der Waals surface area contributed by atoms with Crippen molar-refractivity contribution in [2.24, 2.45) is 0 Å². The maximum absolute atomic E-state index is 12.4. The van der Waals surface area contributed by atoms with Crippen LogP contribution in [0.2, 0.25) is 0 Å². The minimum Gasteiger partial charge on any atom is -0.395 e. The fourth-order valence-electron chi connectivity index (χ4n) is 2.61. The van der Waals surface area contributed by atoms with Crippen molar-refractivity contribution >= 4 is 15.7 Å². The zero-order valence-corrected chi connectivity index (χ0v) is 15.1. The second kappa shape index (κ2) is 10.4. The van der Waals surface area contributed by atoms with E-state index in [1.54, 1.807) is 4.90 Å². The summed E-state index contributed by atoms with van der Waals surface area (Å²) in [5.74, 6) is -0.572. The molecule has 1 fully saturated rings. The van der Waals surface area contributed by atoms with Crippen molar-refractivity contribution < 1.29 is 28.2 Å². The highest BCUT2D eigenvalue weighted by molar-refractivity contribution is 7.91. The summed E-state index contributed by atoms with van der Waals surface area (Å²) in [6, 6.07) is 1.51. The fraction of sp³-hybridized carbons (Fsp3) is 0.733. The van der Waals surface area contributed by atoms with Gasteiger partial charge in [0.05, 0.1) is 31.3 Å². The Morgan fingerprint density at radius 2 is 1.96 bits per heavy atom. The highest BCUT2D eigenvalue weighted by Crippen LogP contribution is 2.19. The first-order valence-corrected chi connectivity index (χ1v) is 9.78. The summed E-state index contributed by atoms with van der Waals surface area (Å²) in [6.45, 7) is 0.0616. The normalized spacial score (nSPS) is 19.4. The number of hydrogen-bond donors (Lipinski definition) is 2. The lowest BCUT2D eigenvalue weighted by Crippen LogP contribution is -2.39. The van der Waals surface area contributed by atoms with Gasteiger partial charge in [-0.05, 0) is 6.42 Å². The Bertz CT molecular complexity index is 607. The second-order valence-corrected chi connectivity index (χ2v) is 7.91. The van der Waals surface area contributed by atoms with Gasteiger partial charge < -0.3 is 24.7 Å². The van der Waals surface area contributed by atoms with Crippen LogP contribution in [0, 0.1) is 11.3 Å². The third-order valence-electron chi connectivity index (χ3n) is 3.90. The molecular formula is C15H25N3O6S. The number of methoxy groups -OCH3 is 1. The van der Waals surface area contributed by atoms with Gasteiger partial charge in [0.25, 0.3) is 5.91 Å². The Morgan fingerprint density at radius 1 is 1.32 bits per heavy atom. The van der Waals surface area contributed by atoms with Gasteiger partial charge in [-0.3, -0.25) is 4.79 Å². The van der Waals surface area contributed by atoms with Crippen LogP contribution >= 0.6 is 0 Å². The highest BCUT2D eigenvalue weighted by Gasteiger charge is 2.32. The van der Waals surface area contributed by atoms with E-state index in [0.717, 1.165) is 0 Å². The van der Waals surface area contributed by atoms with Crippen LogP contribution in [0.25, 0.3) is 0 Å². The third kappa shape index (κ3) is 6.62. The topological polar surface area (TPSA) is 131 Å². The van der Waals surface area contributed by atoms with Crippen LogP contribution < -0.4 is 0 Å². The van der Waals surface area contributed by atoms with Crippen LogP contribution in [0.4, 0.5) is 0 Å². The molecule has 1 aliphatic heterocycles. The Labute approximate surface area is 148 Å². The predicted octanol–water partition coefficient (Wildman–Crippen LogP) is -1.66. The third-order valence-corrected chi connectivity index (χ3v) is 5.65. The van der Waals surface area contributed by atoms with E-state index >= 15 is 0 Å². The molecule has 142 valence electrons. The number of nitriles is 1. The quantitative estimate of drug-likeness (QED) is 0.343. The summed E-state index contributed by atoms with van der Waals surface area (Å²) in [4.78, 5) is 15.3. The average Bonchev–Trinajstić information content (AvgIpc) is 2.94. The van der Waals surface area contributed by atoms with Crippen LogP contribution in [0.1, 0.15) is 6.42 Å². The number of carbonyl (C=O) groups excluding carboxylic acids is 1. The zero-order chi connectivity index (χ0) is 18.9. The molecule has 1 saturated heterocycles. The monoisotopic (exact) mass is 375 g/mol. The van der Waals surface area contributed by atoms with Crippen molar-refractivity contribution in [1.82, 2.24) is 9.80 Å². The van der Waals surface area contributed by atoms with Crippen molar-refractivity contribution in [3.8, 4) is 6.07 Å². The molecule has 1 atom stereocenters. The molecule has 0 aromatic heterocycles. The van der Waals surface area contributed by atoms with Crippen LogP contribution in [0.5, 0.6) is 0 Å². The van der Waals surface area contributed by atoms with E-state index in [9.17, 15) is 18.5 Å². The van der Waals surface area contributed by atoms with Crippen LogP contribution in [0.15, 0.2) is 11.8 Å². The lowest BCUT2D eigenvalue weighted by Gasteiger charge is -2.27. The maximum atomic E-state index is 12.4. The van der Waals surface area contributed by atoms with E-state index in [1.807, 2.05) is 6.07 Å². The lowest BCUT2D eigenvalue weighted by molar-refractivity contribution is -0.127. The number of hydrogen-bond acceptors (Lipinski definition) is 8. The van der Waals surface area contributed by atoms with Gasteiger partial charge in [-0.1, -0.05) is 0 Å². The Kier molecular flexibility index (Phi) is 8.85. The molecule has 1 rings (SSSR count). The number of nitrogens with zero attached hydrogens (tertiary/aromatic N) is 3. The number of carbonyl (C=O) groups is 1. The van der Waals surface area contributed by atoms with Gasteiger partial charge in [0, 0.05) is 39.0 Å². The van der Waals surface area contributed by atoms with Crippen molar-refractivity contribution in [3.05, 3.63) is 11.8 Å². The second-order valence-electron chi connectivity index (χ2n) is 5.68. The number of ether oxygens (including phenoxy) is 1. The molecule has 2 N–H and O–H groups in total. The van der Waals surface area contributed by atoms with Crippen molar-refractivity contribution in [1.29, 1.82) is 5.26 Å². The van der Waals surface area contributed by atoms with Crippen LogP contribution in [-0.2, 0) is 19.4 Å². The molecule has 0 aromatic carbocycles. The zero-order valence-electron chi connectivity index (χ0n) is 14.3. The molecule has 0 spiro atoms.